The predicted octanol–water partition coefficient (Wildman–Crippen LogP) is 2.55. The Morgan fingerprint density at radius 2 is 1.52 bits per heavy atom. The summed E-state index contributed by atoms with van der Waals surface area (Å²) in [5.74, 6) is -1.59. The maximum Gasteiger partial charge on any atom is 0.338 e. The monoisotopic (exact) mass is 284 g/mol. The van der Waals surface area contributed by atoms with Crippen molar-refractivity contribution in [3.05, 3.63) is 70.8 Å². The highest BCUT2D eigenvalue weighted by Gasteiger charge is 2.09. The zero-order chi connectivity index (χ0) is 15.2. The van der Waals surface area contributed by atoms with E-state index in [4.69, 9.17) is 9.84 Å². The number of ether oxygens (including phenoxy) is 1. The van der Waals surface area contributed by atoms with Gasteiger partial charge in [0.25, 0.3) is 0 Å². The summed E-state index contributed by atoms with van der Waals surface area (Å²) < 4.78 is 5.11. The second-order valence-electron chi connectivity index (χ2n) is 4.32. The van der Waals surface area contributed by atoms with Crippen LogP contribution in [0.4, 0.5) is 0 Å². The fraction of sp³-hybridized carbons (Fsp3) is 0.0625. The number of carboxylic acid groups (broad SMARTS) is 1. The van der Waals surface area contributed by atoms with Crippen LogP contribution in [0, 0.1) is 0 Å². The molecule has 0 spiro atoms. The van der Waals surface area contributed by atoms with Crippen molar-refractivity contribution in [1.29, 1.82) is 0 Å². The molecule has 5 heteroatoms. The minimum atomic E-state index is -1.05. The molecule has 0 bridgehead atoms. The fourth-order valence-electron chi connectivity index (χ4n) is 1.67. The van der Waals surface area contributed by atoms with Crippen LogP contribution in [0.2, 0.25) is 0 Å². The number of hydrogen-bond donors (Lipinski definition) is 1. The molecule has 1 N–H and O–H groups in total. The lowest BCUT2D eigenvalue weighted by Gasteiger charge is -2.05. The summed E-state index contributed by atoms with van der Waals surface area (Å²) in [6.45, 7) is 0.0820. The maximum atomic E-state index is 11.8. The van der Waals surface area contributed by atoms with Gasteiger partial charge in [0.05, 0.1) is 11.1 Å². The third kappa shape index (κ3) is 3.76. The molecule has 21 heavy (non-hydrogen) atoms. The van der Waals surface area contributed by atoms with E-state index in [2.05, 4.69) is 0 Å². The molecular weight excluding hydrogens is 272 g/mol. The van der Waals surface area contributed by atoms with Crippen LogP contribution >= 0.6 is 0 Å². The Kier molecular flexibility index (Phi) is 4.46. The van der Waals surface area contributed by atoms with Gasteiger partial charge in [-0.25, -0.2) is 9.59 Å². The first-order valence-corrected chi connectivity index (χ1v) is 6.15. The smallest absolute Gasteiger partial charge is 0.338 e. The molecule has 0 unspecified atom stereocenters. The molecule has 0 amide bonds. The van der Waals surface area contributed by atoms with Crippen LogP contribution in [0.5, 0.6) is 0 Å². The highest BCUT2D eigenvalue weighted by molar-refractivity contribution is 5.92. The summed E-state index contributed by atoms with van der Waals surface area (Å²) in [5.41, 5.74) is 1.70. The third-order valence-corrected chi connectivity index (χ3v) is 2.85. The molecule has 0 aliphatic rings. The van der Waals surface area contributed by atoms with Crippen LogP contribution in [-0.2, 0) is 11.3 Å². The van der Waals surface area contributed by atoms with Gasteiger partial charge in [-0.05, 0) is 29.8 Å². The Morgan fingerprint density at radius 3 is 2.05 bits per heavy atom. The molecule has 0 atom stereocenters. The Morgan fingerprint density at radius 1 is 0.952 bits per heavy atom. The highest BCUT2D eigenvalue weighted by atomic mass is 16.5. The van der Waals surface area contributed by atoms with Crippen LogP contribution in [0.3, 0.4) is 0 Å². The predicted molar refractivity (Wildman–Crippen MR) is 74.4 cm³/mol. The SMILES string of the molecule is O=Cc1ccc(COC(=O)c2ccc(C(=O)O)cc2)cc1. The summed E-state index contributed by atoms with van der Waals surface area (Å²) in [6, 6.07) is 12.2. The zero-order valence-electron chi connectivity index (χ0n) is 11.0. The second kappa shape index (κ2) is 6.47. The summed E-state index contributed by atoms with van der Waals surface area (Å²) in [7, 11) is 0. The molecule has 0 radical (unpaired) electrons. The van der Waals surface area contributed by atoms with Crippen LogP contribution in [-0.4, -0.2) is 23.3 Å². The number of benzene rings is 2. The molecule has 0 saturated heterocycles. The van der Waals surface area contributed by atoms with Crippen molar-refractivity contribution in [2.24, 2.45) is 0 Å². The Labute approximate surface area is 120 Å². The molecule has 0 aliphatic heterocycles. The highest BCUT2D eigenvalue weighted by Crippen LogP contribution is 2.09. The van der Waals surface area contributed by atoms with Gasteiger partial charge in [0.1, 0.15) is 12.9 Å². The molecule has 2 aromatic rings. The number of aromatic carboxylic acids is 1. The summed E-state index contributed by atoms with van der Waals surface area (Å²) in [5, 5.41) is 8.77. The van der Waals surface area contributed by atoms with Crippen LogP contribution in [0.25, 0.3) is 0 Å². The Hall–Kier alpha value is -2.95. The van der Waals surface area contributed by atoms with Crippen LogP contribution in [0.1, 0.15) is 36.6 Å². The number of rotatable bonds is 5. The average molecular weight is 284 g/mol. The van der Waals surface area contributed by atoms with Crippen molar-refractivity contribution in [2.45, 2.75) is 6.61 Å². The van der Waals surface area contributed by atoms with E-state index in [1.54, 1.807) is 24.3 Å². The Balaban J connectivity index is 1.97. The number of carboxylic acids is 1. The van der Waals surface area contributed by atoms with E-state index in [1.807, 2.05) is 0 Å². The summed E-state index contributed by atoms with van der Waals surface area (Å²) in [4.78, 5) is 33.0. The molecular formula is C16H12O5. The van der Waals surface area contributed by atoms with E-state index in [-0.39, 0.29) is 17.7 Å². The first kappa shape index (κ1) is 14.5. The van der Waals surface area contributed by atoms with Gasteiger partial charge in [-0.2, -0.15) is 0 Å². The van der Waals surface area contributed by atoms with E-state index >= 15 is 0 Å². The first-order chi connectivity index (χ1) is 10.1. The van der Waals surface area contributed by atoms with Crippen molar-refractivity contribution in [3.63, 3.8) is 0 Å². The number of hydrogen-bond acceptors (Lipinski definition) is 4. The van der Waals surface area contributed by atoms with Gasteiger partial charge < -0.3 is 9.84 Å². The number of carbonyl (C=O) groups is 3. The van der Waals surface area contributed by atoms with Gasteiger partial charge in [0, 0.05) is 5.56 Å². The molecule has 106 valence electrons. The van der Waals surface area contributed by atoms with E-state index in [0.29, 0.717) is 5.56 Å². The largest absolute Gasteiger partial charge is 0.478 e. The molecule has 0 fully saturated rings. The summed E-state index contributed by atoms with van der Waals surface area (Å²) >= 11 is 0. The van der Waals surface area contributed by atoms with E-state index in [0.717, 1.165) is 11.8 Å². The molecule has 0 heterocycles. The van der Waals surface area contributed by atoms with Gasteiger partial charge >= 0.3 is 11.9 Å². The van der Waals surface area contributed by atoms with Gasteiger partial charge in [0.2, 0.25) is 0 Å². The van der Waals surface area contributed by atoms with E-state index in [1.165, 1.54) is 24.3 Å². The molecule has 0 saturated carbocycles. The molecule has 2 rings (SSSR count). The summed E-state index contributed by atoms with van der Waals surface area (Å²) in [6.07, 6.45) is 0.736. The van der Waals surface area contributed by atoms with Gasteiger partial charge in [-0.1, -0.05) is 24.3 Å². The van der Waals surface area contributed by atoms with Crippen molar-refractivity contribution in [1.82, 2.24) is 0 Å². The minimum absolute atomic E-state index is 0.0820. The van der Waals surface area contributed by atoms with Crippen LogP contribution in [0.15, 0.2) is 48.5 Å². The topological polar surface area (TPSA) is 80.7 Å². The maximum absolute atomic E-state index is 11.8. The van der Waals surface area contributed by atoms with Gasteiger partial charge in [-0.3, -0.25) is 4.79 Å². The van der Waals surface area contributed by atoms with E-state index < -0.39 is 11.9 Å². The zero-order valence-corrected chi connectivity index (χ0v) is 11.0. The standard InChI is InChI=1S/C16H12O5/c17-9-11-1-3-12(4-2-11)10-21-16(20)14-7-5-13(6-8-14)15(18)19/h1-9H,10H2,(H,18,19). The number of aldehydes is 1. The lowest BCUT2D eigenvalue weighted by atomic mass is 10.1. The van der Waals surface area contributed by atoms with E-state index in [9.17, 15) is 14.4 Å². The first-order valence-electron chi connectivity index (χ1n) is 6.15. The molecule has 5 nitrogen and oxygen atoms in total. The number of esters is 1. The van der Waals surface area contributed by atoms with Gasteiger partial charge in [-0.15, -0.1) is 0 Å². The van der Waals surface area contributed by atoms with Crippen molar-refractivity contribution >= 4 is 18.2 Å². The van der Waals surface area contributed by atoms with Crippen LogP contribution < -0.4 is 0 Å². The second-order valence-corrected chi connectivity index (χ2v) is 4.32. The van der Waals surface area contributed by atoms with Crippen molar-refractivity contribution < 1.29 is 24.2 Å². The molecule has 2 aromatic carbocycles. The van der Waals surface area contributed by atoms with Crippen molar-refractivity contribution in [3.8, 4) is 0 Å². The fourth-order valence-corrected chi connectivity index (χ4v) is 1.67. The average Bonchev–Trinajstić information content (AvgIpc) is 2.53. The minimum Gasteiger partial charge on any atom is -0.478 e. The quantitative estimate of drug-likeness (QED) is 0.674. The molecule has 0 aliphatic carbocycles. The number of carbonyl (C=O) groups excluding carboxylic acids is 2. The molecule has 0 aromatic heterocycles. The Bertz CT molecular complexity index is 656. The van der Waals surface area contributed by atoms with Gasteiger partial charge in [0.15, 0.2) is 0 Å². The van der Waals surface area contributed by atoms with Crippen molar-refractivity contribution in [2.75, 3.05) is 0 Å². The third-order valence-electron chi connectivity index (χ3n) is 2.85. The normalized spacial score (nSPS) is 9.90. The lowest BCUT2D eigenvalue weighted by molar-refractivity contribution is 0.0471. The lowest BCUT2D eigenvalue weighted by Crippen LogP contribution is -2.06.